The highest BCUT2D eigenvalue weighted by atomic mass is 19.4. The van der Waals surface area contributed by atoms with Crippen molar-refractivity contribution in [3.05, 3.63) is 83.2 Å². The molecule has 0 saturated carbocycles. The molecule has 0 unspecified atom stereocenters. The van der Waals surface area contributed by atoms with Crippen LogP contribution in [0.2, 0.25) is 0 Å². The van der Waals surface area contributed by atoms with Crippen molar-refractivity contribution in [3.63, 3.8) is 0 Å². The van der Waals surface area contributed by atoms with Crippen molar-refractivity contribution in [3.8, 4) is 34.0 Å². The maximum absolute atomic E-state index is 14.8. The first-order chi connectivity index (χ1) is 20.0. The molecule has 6 nitrogen and oxygen atoms in total. The summed E-state index contributed by atoms with van der Waals surface area (Å²) < 4.78 is 62.6. The van der Waals surface area contributed by atoms with Gasteiger partial charge in [0.25, 0.3) is 5.89 Å². The summed E-state index contributed by atoms with van der Waals surface area (Å²) in [5.41, 5.74) is 0.611. The summed E-state index contributed by atoms with van der Waals surface area (Å²) in [6.07, 6.45) is -4.23. The number of halogens is 4. The highest BCUT2D eigenvalue weighted by Gasteiger charge is 2.36. The molecule has 43 heavy (non-hydrogen) atoms. The van der Waals surface area contributed by atoms with Crippen molar-refractivity contribution in [2.24, 2.45) is 5.92 Å². The van der Waals surface area contributed by atoms with E-state index in [1.807, 2.05) is 39.5 Å². The van der Waals surface area contributed by atoms with Gasteiger partial charge in [-0.3, -0.25) is 9.69 Å². The summed E-state index contributed by atoms with van der Waals surface area (Å²) in [7, 11) is 0. The van der Waals surface area contributed by atoms with Crippen LogP contribution < -0.4 is 0 Å². The lowest BCUT2D eigenvalue weighted by atomic mass is 9.94. The summed E-state index contributed by atoms with van der Waals surface area (Å²) >= 11 is 0. The minimum atomic E-state index is -4.64. The lowest BCUT2D eigenvalue weighted by Gasteiger charge is -2.40. The Bertz CT molecular complexity index is 1610. The van der Waals surface area contributed by atoms with Crippen LogP contribution in [0.5, 0.6) is 0 Å². The Labute approximate surface area is 248 Å². The molecule has 10 heteroatoms. The molecule has 4 aromatic rings. The van der Waals surface area contributed by atoms with Crippen LogP contribution in [0.25, 0.3) is 34.0 Å². The van der Waals surface area contributed by atoms with Gasteiger partial charge < -0.3 is 9.63 Å². The van der Waals surface area contributed by atoms with Crippen LogP contribution in [0.3, 0.4) is 0 Å². The fourth-order valence-electron chi connectivity index (χ4n) is 5.17. The second-order valence-electron chi connectivity index (χ2n) is 12.1. The molecule has 0 aliphatic rings. The Hall–Kier alpha value is -4.05. The molecule has 3 aromatic carbocycles. The minimum absolute atomic E-state index is 0.00781. The highest BCUT2D eigenvalue weighted by Crippen LogP contribution is 2.40. The van der Waals surface area contributed by atoms with Crippen LogP contribution in [-0.4, -0.2) is 37.7 Å². The maximum atomic E-state index is 14.8. The Morgan fingerprint density at radius 1 is 0.977 bits per heavy atom. The molecule has 0 amide bonds. The molecule has 1 N–H and O–H groups in total. The van der Waals surface area contributed by atoms with Crippen molar-refractivity contribution in [1.29, 1.82) is 0 Å². The molecular formula is C33H35F4N3O3. The van der Waals surface area contributed by atoms with Gasteiger partial charge in [0, 0.05) is 23.2 Å². The fraction of sp³-hybridized carbons (Fsp3) is 0.364. The van der Waals surface area contributed by atoms with E-state index in [0.29, 0.717) is 23.1 Å². The Morgan fingerprint density at radius 3 is 2.28 bits per heavy atom. The number of hydrogen-bond acceptors (Lipinski definition) is 5. The minimum Gasteiger partial charge on any atom is -0.480 e. The number of aromatic nitrogens is 2. The van der Waals surface area contributed by atoms with E-state index in [1.54, 1.807) is 37.3 Å². The van der Waals surface area contributed by atoms with Gasteiger partial charge in [-0.2, -0.15) is 18.2 Å². The van der Waals surface area contributed by atoms with Crippen LogP contribution in [0.4, 0.5) is 17.6 Å². The number of aliphatic carboxylic acids is 1. The largest absolute Gasteiger partial charge is 0.480 e. The number of benzene rings is 3. The van der Waals surface area contributed by atoms with Crippen molar-refractivity contribution >= 4 is 5.97 Å². The Balaban J connectivity index is 1.70. The number of carbonyl (C=O) groups is 1. The molecule has 4 rings (SSSR count). The van der Waals surface area contributed by atoms with Crippen LogP contribution in [0.1, 0.15) is 57.7 Å². The third kappa shape index (κ3) is 7.48. The van der Waals surface area contributed by atoms with Gasteiger partial charge in [0.2, 0.25) is 5.82 Å². The zero-order chi connectivity index (χ0) is 31.7. The third-order valence-electron chi connectivity index (χ3n) is 7.22. The van der Waals surface area contributed by atoms with Crippen molar-refractivity contribution < 1.29 is 32.0 Å². The number of hydrogen-bond donors (Lipinski definition) is 1. The second-order valence-corrected chi connectivity index (χ2v) is 12.1. The summed E-state index contributed by atoms with van der Waals surface area (Å²) in [4.78, 5) is 18.3. The van der Waals surface area contributed by atoms with E-state index in [0.717, 1.165) is 6.07 Å². The summed E-state index contributed by atoms with van der Waals surface area (Å²) in [5, 5.41) is 13.9. The number of rotatable bonds is 9. The Morgan fingerprint density at radius 2 is 1.67 bits per heavy atom. The zero-order valence-corrected chi connectivity index (χ0v) is 25.0. The van der Waals surface area contributed by atoms with Gasteiger partial charge in [0.1, 0.15) is 11.9 Å². The molecule has 0 bridgehead atoms. The fourth-order valence-corrected chi connectivity index (χ4v) is 5.17. The normalized spacial score (nSPS) is 13.1. The Kier molecular flexibility index (Phi) is 9.11. The van der Waals surface area contributed by atoms with E-state index in [1.165, 1.54) is 24.3 Å². The van der Waals surface area contributed by atoms with E-state index in [2.05, 4.69) is 10.1 Å². The number of carboxylic acid groups (broad SMARTS) is 1. The molecule has 1 atom stereocenters. The van der Waals surface area contributed by atoms with E-state index in [-0.39, 0.29) is 40.9 Å². The van der Waals surface area contributed by atoms with Crippen LogP contribution in [0.15, 0.2) is 65.2 Å². The smallest absolute Gasteiger partial charge is 0.417 e. The van der Waals surface area contributed by atoms with Gasteiger partial charge in [-0.05, 0) is 92.6 Å². The first kappa shape index (κ1) is 31.9. The molecule has 0 aliphatic heterocycles. The zero-order valence-electron chi connectivity index (χ0n) is 25.0. The van der Waals surface area contributed by atoms with Crippen molar-refractivity contribution in [2.45, 2.75) is 72.3 Å². The standard InChI is InChI=1S/C33H35F4N3O3/c1-19(2)13-28(31(41)42)40(32(4,5)6)18-21-14-23(16-24(34)15-21)29-38-30(43-39-29)22-11-12-26(27(17-22)33(35,36)37)25-10-8-7-9-20(25)3/h7-12,14-17,19,28H,13,18H2,1-6H3,(H,41,42)/t28-/m0/s1. The van der Waals surface area contributed by atoms with Gasteiger partial charge in [0.05, 0.1) is 5.56 Å². The monoisotopic (exact) mass is 597 g/mol. The van der Waals surface area contributed by atoms with Gasteiger partial charge in [0.15, 0.2) is 0 Å². The predicted molar refractivity (Wildman–Crippen MR) is 156 cm³/mol. The number of carboxylic acids is 1. The highest BCUT2D eigenvalue weighted by molar-refractivity contribution is 5.75. The molecule has 1 aromatic heterocycles. The van der Waals surface area contributed by atoms with E-state index >= 15 is 0 Å². The topological polar surface area (TPSA) is 79.5 Å². The van der Waals surface area contributed by atoms with Gasteiger partial charge in [-0.15, -0.1) is 0 Å². The molecule has 0 aliphatic carbocycles. The SMILES string of the molecule is Cc1ccccc1-c1ccc(-c2nc(-c3cc(F)cc(CN([C@@H](CC(C)C)C(=O)O)C(C)(C)C)c3)no2)cc1C(F)(F)F. The van der Waals surface area contributed by atoms with Crippen molar-refractivity contribution in [1.82, 2.24) is 15.0 Å². The summed E-state index contributed by atoms with van der Waals surface area (Å²) in [6, 6.07) is 14.0. The number of alkyl halides is 3. The third-order valence-corrected chi connectivity index (χ3v) is 7.22. The van der Waals surface area contributed by atoms with E-state index in [4.69, 9.17) is 4.52 Å². The quantitative estimate of drug-likeness (QED) is 0.195. The molecule has 1 heterocycles. The average molecular weight is 598 g/mol. The van der Waals surface area contributed by atoms with E-state index in [9.17, 15) is 27.5 Å². The maximum Gasteiger partial charge on any atom is 0.417 e. The molecule has 0 saturated heterocycles. The summed E-state index contributed by atoms with van der Waals surface area (Å²) in [5.74, 6) is -1.59. The molecule has 0 spiro atoms. The number of aryl methyl sites for hydroxylation is 1. The van der Waals surface area contributed by atoms with E-state index < -0.39 is 35.1 Å². The first-order valence-electron chi connectivity index (χ1n) is 14.0. The first-order valence-corrected chi connectivity index (χ1v) is 14.0. The lowest BCUT2D eigenvalue weighted by molar-refractivity contribution is -0.147. The molecule has 0 radical (unpaired) electrons. The van der Waals surface area contributed by atoms with Gasteiger partial charge in [-0.1, -0.05) is 49.3 Å². The molecule has 228 valence electrons. The van der Waals surface area contributed by atoms with Gasteiger partial charge in [-0.25, -0.2) is 4.39 Å². The van der Waals surface area contributed by atoms with Crippen LogP contribution in [0, 0.1) is 18.7 Å². The molecular weight excluding hydrogens is 562 g/mol. The van der Waals surface area contributed by atoms with Gasteiger partial charge >= 0.3 is 12.1 Å². The average Bonchev–Trinajstić information content (AvgIpc) is 3.39. The van der Waals surface area contributed by atoms with Crippen LogP contribution >= 0.6 is 0 Å². The summed E-state index contributed by atoms with van der Waals surface area (Å²) in [6.45, 7) is 11.5. The predicted octanol–water partition coefficient (Wildman–Crippen LogP) is 8.64. The lowest BCUT2D eigenvalue weighted by Crippen LogP contribution is -2.51. The molecule has 0 fully saturated rings. The van der Waals surface area contributed by atoms with Crippen LogP contribution in [-0.2, 0) is 17.5 Å². The van der Waals surface area contributed by atoms with Crippen molar-refractivity contribution in [2.75, 3.05) is 0 Å². The number of nitrogens with zero attached hydrogens (tertiary/aromatic N) is 3. The second kappa shape index (κ2) is 12.3.